The molecule has 0 atom stereocenters. The first-order valence-corrected chi connectivity index (χ1v) is 7.99. The molecule has 0 aliphatic rings. The summed E-state index contributed by atoms with van der Waals surface area (Å²) in [4.78, 5) is 4.62. The Morgan fingerprint density at radius 2 is 2.05 bits per heavy atom. The van der Waals surface area contributed by atoms with E-state index in [0.717, 1.165) is 30.5 Å². The van der Waals surface area contributed by atoms with Gasteiger partial charge in [0.2, 0.25) is 0 Å². The van der Waals surface area contributed by atoms with Crippen LogP contribution in [0.4, 0.5) is 0 Å². The zero-order valence-electron chi connectivity index (χ0n) is 13.0. The SMILES string of the molecule is CCNC(=NCc1c(C)nn(C)c1C)NCCSC.I. The average Bonchev–Trinajstić information content (AvgIpc) is 2.61. The van der Waals surface area contributed by atoms with E-state index in [9.17, 15) is 0 Å². The highest BCUT2D eigenvalue weighted by Gasteiger charge is 2.08. The summed E-state index contributed by atoms with van der Waals surface area (Å²) in [5.41, 5.74) is 3.45. The van der Waals surface area contributed by atoms with Crippen LogP contribution in [0.15, 0.2) is 4.99 Å². The van der Waals surface area contributed by atoms with Crippen molar-refractivity contribution in [1.82, 2.24) is 20.4 Å². The molecule has 20 heavy (non-hydrogen) atoms. The minimum absolute atomic E-state index is 0. The fourth-order valence-corrected chi connectivity index (χ4v) is 2.12. The molecule has 2 N–H and O–H groups in total. The van der Waals surface area contributed by atoms with Crippen molar-refractivity contribution in [2.75, 3.05) is 25.1 Å². The van der Waals surface area contributed by atoms with Gasteiger partial charge in [0, 0.05) is 37.1 Å². The third-order valence-electron chi connectivity index (χ3n) is 3.00. The lowest BCUT2D eigenvalue weighted by Crippen LogP contribution is -2.38. The molecule has 0 bridgehead atoms. The monoisotopic (exact) mass is 411 g/mol. The van der Waals surface area contributed by atoms with Crippen LogP contribution in [0.1, 0.15) is 23.9 Å². The molecule has 1 rings (SSSR count). The van der Waals surface area contributed by atoms with Crippen LogP contribution in [-0.4, -0.2) is 40.8 Å². The number of hydrogen-bond acceptors (Lipinski definition) is 3. The maximum absolute atomic E-state index is 4.62. The fraction of sp³-hybridized carbons (Fsp3) is 0.692. The fourth-order valence-electron chi connectivity index (χ4n) is 1.82. The van der Waals surface area contributed by atoms with Gasteiger partial charge in [-0.15, -0.1) is 24.0 Å². The van der Waals surface area contributed by atoms with E-state index >= 15 is 0 Å². The lowest BCUT2D eigenvalue weighted by Gasteiger charge is -2.10. The Hall–Kier alpha value is -0.440. The number of halogens is 1. The van der Waals surface area contributed by atoms with Gasteiger partial charge in [0.25, 0.3) is 0 Å². The summed E-state index contributed by atoms with van der Waals surface area (Å²) in [7, 11) is 1.97. The van der Waals surface area contributed by atoms with Gasteiger partial charge in [-0.2, -0.15) is 16.9 Å². The minimum Gasteiger partial charge on any atom is -0.357 e. The summed E-state index contributed by atoms with van der Waals surface area (Å²) in [6, 6.07) is 0. The second-order valence-corrected chi connectivity index (χ2v) is 5.37. The number of rotatable bonds is 6. The van der Waals surface area contributed by atoms with Crippen LogP contribution in [0.3, 0.4) is 0 Å². The van der Waals surface area contributed by atoms with E-state index in [1.807, 2.05) is 30.4 Å². The quantitative estimate of drug-likeness (QED) is 0.326. The standard InChI is InChI=1S/C13H25N5S.HI/c1-6-14-13(15-7-8-19-5)16-9-12-10(2)17-18(4)11(12)3;/h6-9H2,1-5H3,(H2,14,15,16);1H. The number of hydrogen-bond donors (Lipinski definition) is 2. The molecular weight excluding hydrogens is 385 g/mol. The maximum atomic E-state index is 4.62. The van der Waals surface area contributed by atoms with E-state index in [0.29, 0.717) is 6.54 Å². The summed E-state index contributed by atoms with van der Waals surface area (Å²) in [6.07, 6.45) is 2.11. The van der Waals surface area contributed by atoms with E-state index in [2.05, 4.69) is 40.8 Å². The predicted octanol–water partition coefficient (Wildman–Crippen LogP) is 2.07. The number of aromatic nitrogens is 2. The van der Waals surface area contributed by atoms with Crippen LogP contribution in [-0.2, 0) is 13.6 Å². The van der Waals surface area contributed by atoms with Crippen LogP contribution in [0.5, 0.6) is 0 Å². The van der Waals surface area contributed by atoms with E-state index in [-0.39, 0.29) is 24.0 Å². The third kappa shape index (κ3) is 5.90. The van der Waals surface area contributed by atoms with Crippen molar-refractivity contribution in [2.24, 2.45) is 12.0 Å². The van der Waals surface area contributed by atoms with Crippen LogP contribution in [0.2, 0.25) is 0 Å². The third-order valence-corrected chi connectivity index (χ3v) is 3.61. The summed E-state index contributed by atoms with van der Waals surface area (Å²) in [5, 5.41) is 11.0. The van der Waals surface area contributed by atoms with Crippen LogP contribution < -0.4 is 10.6 Å². The molecule has 0 aliphatic heterocycles. The molecule has 0 aromatic carbocycles. The second kappa shape index (κ2) is 10.3. The van der Waals surface area contributed by atoms with Gasteiger partial charge in [-0.1, -0.05) is 0 Å². The van der Waals surface area contributed by atoms with Gasteiger partial charge in [0.05, 0.1) is 12.2 Å². The molecule has 0 saturated heterocycles. The molecule has 1 aromatic heterocycles. The van der Waals surface area contributed by atoms with E-state index in [4.69, 9.17) is 0 Å². The Bertz CT molecular complexity index is 431. The highest BCUT2D eigenvalue weighted by atomic mass is 127. The van der Waals surface area contributed by atoms with Gasteiger partial charge in [-0.25, -0.2) is 4.99 Å². The molecule has 5 nitrogen and oxygen atoms in total. The molecule has 0 fully saturated rings. The van der Waals surface area contributed by atoms with Crippen molar-refractivity contribution in [3.05, 3.63) is 17.0 Å². The zero-order chi connectivity index (χ0) is 14.3. The highest BCUT2D eigenvalue weighted by Crippen LogP contribution is 2.12. The van der Waals surface area contributed by atoms with Crippen molar-refractivity contribution < 1.29 is 0 Å². The first-order valence-electron chi connectivity index (χ1n) is 6.60. The van der Waals surface area contributed by atoms with Gasteiger partial charge in [0.1, 0.15) is 0 Å². The summed E-state index contributed by atoms with van der Waals surface area (Å²) in [6.45, 7) is 8.66. The van der Waals surface area contributed by atoms with Gasteiger partial charge >= 0.3 is 0 Å². The van der Waals surface area contributed by atoms with Gasteiger partial charge < -0.3 is 10.6 Å². The summed E-state index contributed by atoms with van der Waals surface area (Å²) >= 11 is 1.83. The number of thioether (sulfide) groups is 1. The molecular formula is C13H26IN5S. The molecule has 116 valence electrons. The number of aryl methyl sites for hydroxylation is 2. The molecule has 0 amide bonds. The van der Waals surface area contributed by atoms with Crippen molar-refractivity contribution in [1.29, 1.82) is 0 Å². The topological polar surface area (TPSA) is 54.2 Å². The van der Waals surface area contributed by atoms with E-state index in [1.165, 1.54) is 11.3 Å². The predicted molar refractivity (Wildman–Crippen MR) is 99.3 cm³/mol. The molecule has 0 unspecified atom stereocenters. The first kappa shape index (κ1) is 19.6. The van der Waals surface area contributed by atoms with E-state index < -0.39 is 0 Å². The number of guanidine groups is 1. The van der Waals surface area contributed by atoms with Crippen LogP contribution in [0, 0.1) is 13.8 Å². The molecule has 0 radical (unpaired) electrons. The Morgan fingerprint density at radius 1 is 1.35 bits per heavy atom. The van der Waals surface area contributed by atoms with Crippen molar-refractivity contribution in [3.8, 4) is 0 Å². The summed E-state index contributed by atoms with van der Waals surface area (Å²) < 4.78 is 1.91. The lowest BCUT2D eigenvalue weighted by molar-refractivity contribution is 0.730. The molecule has 0 spiro atoms. The van der Waals surface area contributed by atoms with Crippen LogP contribution >= 0.6 is 35.7 Å². The Labute approximate surface area is 143 Å². The average molecular weight is 411 g/mol. The number of nitrogens with one attached hydrogen (secondary N) is 2. The van der Waals surface area contributed by atoms with Gasteiger partial charge in [-0.3, -0.25) is 4.68 Å². The largest absolute Gasteiger partial charge is 0.357 e. The minimum atomic E-state index is 0. The van der Waals surface area contributed by atoms with Gasteiger partial charge in [0.15, 0.2) is 5.96 Å². The van der Waals surface area contributed by atoms with Crippen LogP contribution in [0.25, 0.3) is 0 Å². The molecule has 0 saturated carbocycles. The number of nitrogens with zero attached hydrogens (tertiary/aromatic N) is 3. The Kier molecular flexibility index (Phi) is 10.1. The van der Waals surface area contributed by atoms with Crippen molar-refractivity contribution >= 4 is 41.7 Å². The van der Waals surface area contributed by atoms with Crippen molar-refractivity contribution in [2.45, 2.75) is 27.3 Å². The van der Waals surface area contributed by atoms with E-state index in [1.54, 1.807) is 0 Å². The van der Waals surface area contributed by atoms with Gasteiger partial charge in [-0.05, 0) is 27.0 Å². The maximum Gasteiger partial charge on any atom is 0.191 e. The normalized spacial score (nSPS) is 11.2. The second-order valence-electron chi connectivity index (χ2n) is 4.39. The summed E-state index contributed by atoms with van der Waals surface area (Å²) in [5.74, 6) is 1.95. The van der Waals surface area contributed by atoms with Crippen molar-refractivity contribution in [3.63, 3.8) is 0 Å². The zero-order valence-corrected chi connectivity index (χ0v) is 16.1. The molecule has 7 heteroatoms. The first-order chi connectivity index (χ1) is 9.10. The molecule has 0 aliphatic carbocycles. The smallest absolute Gasteiger partial charge is 0.191 e. The molecule has 1 heterocycles. The highest BCUT2D eigenvalue weighted by molar-refractivity contribution is 14.0. The lowest BCUT2D eigenvalue weighted by atomic mass is 10.2. The molecule has 1 aromatic rings. The Morgan fingerprint density at radius 3 is 2.55 bits per heavy atom. The Balaban J connectivity index is 0.00000361. The number of aliphatic imine (C=N–C) groups is 1.